The van der Waals surface area contributed by atoms with Crippen LogP contribution in [0, 0.1) is 12.1 Å². The Labute approximate surface area is 498 Å². The van der Waals surface area contributed by atoms with Crippen LogP contribution in [0.5, 0.6) is 11.5 Å². The van der Waals surface area contributed by atoms with Gasteiger partial charge in [0.05, 0.1) is 63.3 Å². The van der Waals surface area contributed by atoms with E-state index in [-0.39, 0.29) is 75.3 Å². The minimum Gasteiger partial charge on any atom is -0.507 e. The van der Waals surface area contributed by atoms with Crippen molar-refractivity contribution in [2.75, 3.05) is 0 Å². The normalized spacial score (nSPS) is 12.2. The molecule has 0 unspecified atom stereocenters. The molecule has 11 rings (SSSR count). The first-order chi connectivity index (χ1) is 37.0. The molecule has 0 atom stereocenters. The van der Waals surface area contributed by atoms with E-state index < -0.39 is 0 Å². The van der Waals surface area contributed by atoms with Crippen LogP contribution in [-0.4, -0.2) is 49.3 Å². The predicted octanol–water partition coefficient (Wildman–Crippen LogP) is 16.1. The molecule has 0 bridgehead atoms. The van der Waals surface area contributed by atoms with Crippen molar-refractivity contribution in [3.8, 4) is 90.4 Å². The Hall–Kier alpha value is -7.38. The molecule has 0 amide bonds. The number of phenols is 2. The van der Waals surface area contributed by atoms with Crippen LogP contribution in [0.3, 0.4) is 0 Å². The monoisotopic (exact) mass is 1410 g/mol. The van der Waals surface area contributed by atoms with E-state index in [0.717, 1.165) is 89.1 Å². The number of benzene rings is 6. The van der Waals surface area contributed by atoms with Crippen molar-refractivity contribution >= 4 is 22.1 Å². The molecule has 0 saturated heterocycles. The zero-order valence-corrected chi connectivity index (χ0v) is 51.7. The number of hydrogen-bond donors (Lipinski definition) is 2. The summed E-state index contributed by atoms with van der Waals surface area (Å²) in [6.45, 7) is 25.9. The molecule has 0 spiro atoms. The molecule has 0 fully saturated rings. The number of aromatic hydroxyl groups is 2. The van der Waals surface area contributed by atoms with Crippen LogP contribution in [0.15, 0.2) is 159 Å². The van der Waals surface area contributed by atoms with Crippen LogP contribution in [0.2, 0.25) is 0 Å². The molecule has 11 aromatic rings. The topological polar surface area (TPSA) is 128 Å². The van der Waals surface area contributed by atoms with Gasteiger partial charge in [-0.3, -0.25) is 29.1 Å². The van der Waals surface area contributed by atoms with Crippen molar-refractivity contribution in [2.45, 2.75) is 105 Å². The van der Waals surface area contributed by atoms with Gasteiger partial charge in [0.15, 0.2) is 0 Å². The third kappa shape index (κ3) is 10.7. The largest absolute Gasteiger partial charge is 0.507 e. The molecular weight excluding hydrogens is 1350 g/mol. The first kappa shape index (κ1) is 57.3. The average molecular weight is 1420 g/mol. The van der Waals surface area contributed by atoms with Crippen LogP contribution in [0.4, 0.5) is 0 Å². The molecular formula is C68H64N8O2Pt2-2. The Balaban J connectivity index is 0.00000387. The molecule has 5 aromatic heterocycles. The maximum absolute atomic E-state index is 12.2. The zero-order valence-electron chi connectivity index (χ0n) is 47.1. The first-order valence-electron chi connectivity index (χ1n) is 26.5. The van der Waals surface area contributed by atoms with Gasteiger partial charge in [-0.1, -0.05) is 148 Å². The Morgan fingerprint density at radius 3 is 1.16 bits per heavy atom. The van der Waals surface area contributed by atoms with Crippen molar-refractivity contribution in [2.24, 2.45) is 0 Å². The van der Waals surface area contributed by atoms with Gasteiger partial charge in [0.2, 0.25) is 0 Å². The van der Waals surface area contributed by atoms with Crippen molar-refractivity contribution in [3.63, 3.8) is 0 Å². The summed E-state index contributed by atoms with van der Waals surface area (Å²) in [6.07, 6.45) is 8.77. The number of aromatic nitrogens is 8. The van der Waals surface area contributed by atoms with Crippen LogP contribution >= 0.6 is 0 Å². The third-order valence-corrected chi connectivity index (χ3v) is 14.6. The molecule has 2 N–H and O–H groups in total. The number of nitrogens with zero attached hydrogens (tertiary/aromatic N) is 8. The van der Waals surface area contributed by atoms with Crippen molar-refractivity contribution in [1.29, 1.82) is 0 Å². The molecule has 410 valence electrons. The summed E-state index contributed by atoms with van der Waals surface area (Å²) < 4.78 is 4.19. The second-order valence-electron chi connectivity index (χ2n) is 24.4. The summed E-state index contributed by atoms with van der Waals surface area (Å²) in [7, 11) is 0. The summed E-state index contributed by atoms with van der Waals surface area (Å²) in [5, 5.41) is 24.4. The first-order valence-corrected chi connectivity index (χ1v) is 26.5. The molecule has 0 aliphatic rings. The smallest absolute Gasteiger partial charge is 0.148 e. The second-order valence-corrected chi connectivity index (χ2v) is 24.4. The van der Waals surface area contributed by atoms with Gasteiger partial charge in [-0.25, -0.2) is 9.97 Å². The molecule has 5 heterocycles. The average Bonchev–Trinajstić information content (AvgIpc) is 4.00. The van der Waals surface area contributed by atoms with Gasteiger partial charge < -0.3 is 10.2 Å². The van der Waals surface area contributed by atoms with E-state index in [2.05, 4.69) is 163 Å². The Kier molecular flexibility index (Phi) is 15.5. The summed E-state index contributed by atoms with van der Waals surface area (Å²) >= 11 is 0. The van der Waals surface area contributed by atoms with Crippen molar-refractivity contribution in [3.05, 3.63) is 193 Å². The zero-order chi connectivity index (χ0) is 55.1. The molecule has 0 aliphatic carbocycles. The maximum atomic E-state index is 12.2. The summed E-state index contributed by atoms with van der Waals surface area (Å²) in [5.74, 6) is 1.66. The molecule has 10 nitrogen and oxygen atoms in total. The quantitative estimate of drug-likeness (QED) is 0.144. The molecule has 0 radical (unpaired) electrons. The van der Waals surface area contributed by atoms with Gasteiger partial charge in [0.25, 0.3) is 0 Å². The summed E-state index contributed by atoms with van der Waals surface area (Å²) in [6, 6.07) is 50.2. The fraction of sp³-hybridized carbons (Fsp3) is 0.235. The SMILES string of the molecule is CC(C)(C)c1cc(-c2nc3c(-c4[c-]c(-c5cc(-c6[c-]c(-c7cccc8c7nc(-c7cc(C(C)(C)C)cc(C(C)(C)C)c7O)n8-c7cccnc7)ccc6)ncn5)ccc4)cccc3n2-c2cccnc2)c(O)c(C(C)(C)C)c1.[Pt].[Pt]. The Morgan fingerprint density at radius 2 is 0.800 bits per heavy atom. The number of para-hydroxylation sites is 2. The van der Waals surface area contributed by atoms with Crippen molar-refractivity contribution < 1.29 is 52.3 Å². The van der Waals surface area contributed by atoms with Gasteiger partial charge in [0, 0.05) is 77.0 Å². The third-order valence-electron chi connectivity index (χ3n) is 14.6. The van der Waals surface area contributed by atoms with Crippen LogP contribution < -0.4 is 0 Å². The van der Waals surface area contributed by atoms with E-state index in [1.54, 1.807) is 18.7 Å². The standard InChI is InChI=1S/C68H64N8O2.2Pt/c1-65(2,3)45-33-51(61(77)53(35-45)67(7,8)9)63-73-59-49(25-15-27-57(59)75(63)47-23-17-29-69-38-47)41-19-13-21-43(31-41)55-37-56(72-40-71-55)44-22-14-20-42(32-44)50-26-16-28-58-60(50)74-64(76(58)48-24-18-30-70-39-48)52-34-46(66(4,5)6)36-54(62(52)78)68(10,11)12;;/h13-30,33-40,77-78H,1-12H3;;/q-2;;. The molecule has 6 aromatic carbocycles. The number of phenolic OH excluding ortho intramolecular Hbond substituents is 2. The van der Waals surface area contributed by atoms with Crippen LogP contribution in [-0.2, 0) is 63.8 Å². The van der Waals surface area contributed by atoms with E-state index in [9.17, 15) is 10.2 Å². The van der Waals surface area contributed by atoms with Crippen LogP contribution in [0.25, 0.3) is 101 Å². The van der Waals surface area contributed by atoms with E-state index in [4.69, 9.17) is 19.9 Å². The number of pyridine rings is 2. The fourth-order valence-electron chi connectivity index (χ4n) is 10.3. The Morgan fingerprint density at radius 1 is 0.412 bits per heavy atom. The second kappa shape index (κ2) is 21.6. The van der Waals surface area contributed by atoms with Gasteiger partial charge in [-0.05, 0) is 81.3 Å². The molecule has 80 heavy (non-hydrogen) atoms. The van der Waals surface area contributed by atoms with Gasteiger partial charge in [0.1, 0.15) is 23.1 Å². The minimum atomic E-state index is -0.331. The van der Waals surface area contributed by atoms with E-state index in [1.165, 1.54) is 0 Å². The predicted molar refractivity (Wildman–Crippen MR) is 315 cm³/mol. The summed E-state index contributed by atoms with van der Waals surface area (Å²) in [4.78, 5) is 29.4. The van der Waals surface area contributed by atoms with E-state index >= 15 is 0 Å². The number of fused-ring (bicyclic) bond motifs is 2. The van der Waals surface area contributed by atoms with Crippen molar-refractivity contribution in [1.82, 2.24) is 39.0 Å². The van der Waals surface area contributed by atoms with E-state index in [1.807, 2.05) is 91.3 Å². The maximum Gasteiger partial charge on any atom is 0.148 e. The fourth-order valence-corrected chi connectivity index (χ4v) is 10.3. The van der Waals surface area contributed by atoms with Gasteiger partial charge in [-0.2, -0.15) is 0 Å². The Bertz CT molecular complexity index is 3840. The minimum absolute atomic E-state index is 0. The summed E-state index contributed by atoms with van der Waals surface area (Å²) in [5.41, 5.74) is 15.5. The van der Waals surface area contributed by atoms with Gasteiger partial charge >= 0.3 is 0 Å². The number of hydrogen-bond acceptors (Lipinski definition) is 8. The van der Waals surface area contributed by atoms with E-state index in [0.29, 0.717) is 34.2 Å². The molecule has 0 saturated carbocycles. The number of rotatable bonds is 8. The molecule has 12 heteroatoms. The molecule has 0 aliphatic heterocycles. The van der Waals surface area contributed by atoms with Gasteiger partial charge in [-0.15, -0.1) is 59.7 Å². The number of imidazole rings is 2. The van der Waals surface area contributed by atoms with Crippen LogP contribution in [0.1, 0.15) is 105 Å².